The minimum atomic E-state index is -3.02. The fourth-order valence-electron chi connectivity index (χ4n) is 4.98. The van der Waals surface area contributed by atoms with Crippen LogP contribution in [0.2, 0.25) is 0 Å². The van der Waals surface area contributed by atoms with E-state index in [1.807, 2.05) is 0 Å². The molecule has 220 valence electrons. The number of fused-ring (bicyclic) bond motifs is 5. The summed E-state index contributed by atoms with van der Waals surface area (Å²) in [6, 6.07) is 0. The lowest BCUT2D eigenvalue weighted by atomic mass is 10.1. The molecule has 4 aromatic rings. The number of imidazole rings is 2. The minimum absolute atomic E-state index is 0.0702. The molecule has 22 heteroatoms. The Morgan fingerprint density at radius 3 is 1.86 bits per heavy atom. The highest BCUT2D eigenvalue weighted by atomic mass is 31.1. The number of nitrogens with two attached hydrogens (primary N) is 2. The van der Waals surface area contributed by atoms with E-state index in [2.05, 4.69) is 29.9 Å². The topological polar surface area (TPSA) is 229 Å². The molecule has 2 unspecified atom stereocenters. The van der Waals surface area contributed by atoms with Crippen molar-refractivity contribution in [3.63, 3.8) is 0 Å². The summed E-state index contributed by atoms with van der Waals surface area (Å²) in [4.78, 5) is 24.1. The zero-order valence-corrected chi connectivity index (χ0v) is 22.8. The molecule has 3 aliphatic heterocycles. The van der Waals surface area contributed by atoms with E-state index in [1.54, 1.807) is 0 Å². The maximum absolute atomic E-state index is 15.7. The van der Waals surface area contributed by atoms with Crippen LogP contribution in [0.15, 0.2) is 25.3 Å². The Hall–Kier alpha value is -3.48. The van der Waals surface area contributed by atoms with Gasteiger partial charge in [0, 0.05) is 9.13 Å². The second-order valence-corrected chi connectivity index (χ2v) is 11.2. The van der Waals surface area contributed by atoms with Crippen LogP contribution in [0.3, 0.4) is 0 Å². The summed E-state index contributed by atoms with van der Waals surface area (Å²) in [6.45, 7) is -1.14. The van der Waals surface area contributed by atoms with Gasteiger partial charge in [-0.05, 0) is 0 Å². The number of nitrogen functional groups attached to an aromatic ring is 2. The third kappa shape index (κ3) is 4.56. The van der Waals surface area contributed by atoms with Crippen LogP contribution in [0.25, 0.3) is 22.3 Å². The van der Waals surface area contributed by atoms with Crippen molar-refractivity contribution in [2.45, 2.75) is 49.2 Å². The van der Waals surface area contributed by atoms with Crippen LogP contribution in [0.4, 0.5) is 20.4 Å². The normalized spacial score (nSPS) is 34.2. The average Bonchev–Trinajstić information content (AvgIpc) is 3.73. The largest absolute Gasteiger partial charge is 0.698 e. The van der Waals surface area contributed by atoms with Crippen LogP contribution in [0, 0.1) is 0 Å². The fourth-order valence-corrected chi connectivity index (χ4v) is 6.51. The second kappa shape index (κ2) is 10.7. The molecule has 3 fully saturated rings. The van der Waals surface area contributed by atoms with Crippen molar-refractivity contribution in [3.05, 3.63) is 25.3 Å². The zero-order valence-electron chi connectivity index (χ0n) is 21.0. The van der Waals surface area contributed by atoms with Gasteiger partial charge in [0.2, 0.25) is 0 Å². The summed E-state index contributed by atoms with van der Waals surface area (Å²) in [7, 11) is -6.04. The Morgan fingerprint density at radius 2 is 1.24 bits per heavy atom. The van der Waals surface area contributed by atoms with Crippen molar-refractivity contribution < 1.29 is 45.5 Å². The van der Waals surface area contributed by atoms with Crippen LogP contribution in [0.1, 0.15) is 12.5 Å². The van der Waals surface area contributed by atoms with Crippen LogP contribution >= 0.6 is 16.5 Å². The molecule has 2 bridgehead atoms. The average molecular weight is 628 g/mol. The van der Waals surface area contributed by atoms with E-state index in [9.17, 15) is 9.13 Å². The number of nitrogens with zero attached hydrogens (tertiary/aromatic N) is 8. The number of anilines is 2. The molecule has 7 rings (SSSR count). The third-order valence-electron chi connectivity index (χ3n) is 6.96. The summed E-state index contributed by atoms with van der Waals surface area (Å²) < 4.78 is 92.5. The predicted molar refractivity (Wildman–Crippen MR) is 134 cm³/mol. The van der Waals surface area contributed by atoms with Gasteiger partial charge < -0.3 is 20.9 Å². The van der Waals surface area contributed by atoms with E-state index in [0.29, 0.717) is 0 Å². The minimum Gasteiger partial charge on any atom is -0.382 e. The van der Waals surface area contributed by atoms with E-state index in [-0.39, 0.29) is 34.0 Å². The molecule has 10 atom stereocenters. The van der Waals surface area contributed by atoms with E-state index in [4.69, 9.17) is 39.0 Å². The first kappa shape index (κ1) is 27.4. The lowest BCUT2D eigenvalue weighted by Gasteiger charge is -2.16. The number of ether oxygens (including phenoxy) is 2. The van der Waals surface area contributed by atoms with Gasteiger partial charge in [0.05, 0.1) is 12.7 Å². The van der Waals surface area contributed by atoms with Crippen LogP contribution in [-0.4, -0.2) is 89.0 Å². The number of hydrogen-bond donors (Lipinski definition) is 2. The number of aromatic nitrogens is 8. The number of rotatable bonds is 2. The number of hydrogen-bond acceptors (Lipinski definition) is 16. The molecule has 3 saturated heterocycles. The highest BCUT2D eigenvalue weighted by Crippen LogP contribution is 2.45. The van der Waals surface area contributed by atoms with Crippen molar-refractivity contribution in [2.24, 2.45) is 0 Å². The van der Waals surface area contributed by atoms with E-state index >= 15 is 8.78 Å². The molecule has 18 nitrogen and oxygen atoms in total. The molecular formula is C20H20F2N10O8P2+2. The van der Waals surface area contributed by atoms with Gasteiger partial charge >= 0.3 is 16.5 Å². The summed E-state index contributed by atoms with van der Waals surface area (Å²) in [5.41, 5.74) is 12.5. The lowest BCUT2D eigenvalue weighted by Crippen LogP contribution is -2.32. The van der Waals surface area contributed by atoms with Gasteiger partial charge in [0.1, 0.15) is 49.1 Å². The Morgan fingerprint density at radius 1 is 0.714 bits per heavy atom. The molecule has 0 amide bonds. The molecule has 0 radical (unpaired) electrons. The summed E-state index contributed by atoms with van der Waals surface area (Å²) in [6.07, 6.45) is -7.27. The van der Waals surface area contributed by atoms with Gasteiger partial charge in [-0.2, -0.15) is 0 Å². The van der Waals surface area contributed by atoms with E-state index in [1.165, 1.54) is 34.4 Å². The van der Waals surface area contributed by atoms with Gasteiger partial charge in [-0.3, -0.25) is 9.13 Å². The second-order valence-electron chi connectivity index (χ2n) is 9.36. The van der Waals surface area contributed by atoms with Gasteiger partial charge in [0.25, 0.3) is 0 Å². The molecule has 42 heavy (non-hydrogen) atoms. The first-order chi connectivity index (χ1) is 20.3. The Labute approximate surface area is 234 Å². The Bertz CT molecular complexity index is 1700. The molecule has 4 N–H and O–H groups in total. The molecule has 0 aromatic carbocycles. The molecule has 7 heterocycles. The van der Waals surface area contributed by atoms with E-state index in [0.717, 1.165) is 0 Å². The van der Waals surface area contributed by atoms with Crippen molar-refractivity contribution in [3.8, 4) is 0 Å². The summed E-state index contributed by atoms with van der Waals surface area (Å²) in [5.74, 6) is 0.146. The van der Waals surface area contributed by atoms with Gasteiger partial charge in [0.15, 0.2) is 59.9 Å². The zero-order chi connectivity index (χ0) is 29.1. The highest BCUT2D eigenvalue weighted by Gasteiger charge is 2.57. The van der Waals surface area contributed by atoms with Crippen LogP contribution < -0.4 is 11.5 Å². The molecule has 0 spiro atoms. The molecular weight excluding hydrogens is 608 g/mol. The predicted octanol–water partition coefficient (Wildman–Crippen LogP) is 1.43. The maximum atomic E-state index is 15.7. The van der Waals surface area contributed by atoms with Crippen molar-refractivity contribution in [1.29, 1.82) is 0 Å². The van der Waals surface area contributed by atoms with Crippen molar-refractivity contribution in [2.75, 3.05) is 24.7 Å². The molecule has 0 aliphatic carbocycles. The highest BCUT2D eigenvalue weighted by molar-refractivity contribution is 7.33. The number of alkyl halides is 2. The van der Waals surface area contributed by atoms with Crippen LogP contribution in [-0.2, 0) is 36.7 Å². The van der Waals surface area contributed by atoms with Gasteiger partial charge in [-0.15, -0.1) is 18.1 Å². The first-order valence-corrected chi connectivity index (χ1v) is 14.5. The molecule has 4 aromatic heterocycles. The van der Waals surface area contributed by atoms with Crippen LogP contribution in [0.5, 0.6) is 0 Å². The Balaban J connectivity index is 1.15. The number of halogens is 2. The quantitative estimate of drug-likeness (QED) is 0.299. The standard InChI is InChI=1S/C20H20F2N10O8P2/c21-9-7-1-35-41(33)39-13-8(38-19(10(13)22)31-5-29-11-15(23)25-3-27-17(11)31)2-36-42(34)40-14(9)20(37-7)32-6-30-12-16(24)26-4-28-18(12)32/h3-10,13-14,19-20H,1-2H2,(H2,23,25,27)(H2,24,26,28)/q+2/t7-,8-,9+,10-,13-,14-,19-,20-/m1/s1. The maximum Gasteiger partial charge on any atom is 0.698 e. The fraction of sp³-hybridized carbons (Fsp3) is 0.500. The SMILES string of the molecule is Nc1ncnc2c1ncn2[C@@H]1O[C@@H]2CO[P+](=O)O[C@@H]3[C@@H](F)[C@@H](CO[P+](=O)O[C@H]2[C@H]1F)O[C@H]3n1cnc2c(N)ncnc21. The van der Waals surface area contributed by atoms with Crippen molar-refractivity contribution >= 4 is 50.5 Å². The first-order valence-electron chi connectivity index (χ1n) is 12.3. The summed E-state index contributed by atoms with van der Waals surface area (Å²) >= 11 is 0. The third-order valence-corrected chi connectivity index (χ3v) is 8.51. The van der Waals surface area contributed by atoms with Gasteiger partial charge in [-0.1, -0.05) is 0 Å². The lowest BCUT2D eigenvalue weighted by molar-refractivity contribution is -0.0553. The smallest absolute Gasteiger partial charge is 0.382 e. The monoisotopic (exact) mass is 628 g/mol. The van der Waals surface area contributed by atoms with Gasteiger partial charge in [-0.25, -0.2) is 38.7 Å². The summed E-state index contributed by atoms with van der Waals surface area (Å²) in [5, 5.41) is 0. The molecule has 0 saturated carbocycles. The van der Waals surface area contributed by atoms with Crippen molar-refractivity contribution in [1.82, 2.24) is 39.0 Å². The Kier molecular flexibility index (Phi) is 6.94. The molecule has 3 aliphatic rings. The van der Waals surface area contributed by atoms with E-state index < -0.39 is 78.9 Å².